The van der Waals surface area contributed by atoms with Crippen LogP contribution in [0.25, 0.3) is 0 Å². The van der Waals surface area contributed by atoms with E-state index in [-0.39, 0.29) is 36.5 Å². The van der Waals surface area contributed by atoms with Crippen LogP contribution in [0, 0.1) is 6.33 Å². The van der Waals surface area contributed by atoms with Crippen LogP contribution in [0.1, 0.15) is 0 Å². The third kappa shape index (κ3) is 4.16. The fraction of sp³-hybridized carbons (Fsp3) is 0. The van der Waals surface area contributed by atoms with Crippen LogP contribution >= 0.6 is 17.0 Å². The van der Waals surface area contributed by atoms with Crippen LogP contribution in [0.15, 0.2) is 12.4 Å². The number of aromatic nitrogens is 2. The number of nitrogens with one attached hydrogen (secondary N) is 1. The van der Waals surface area contributed by atoms with Gasteiger partial charge in [0.25, 0.3) is 0 Å². The first kappa shape index (κ1) is 10.3. The summed E-state index contributed by atoms with van der Waals surface area (Å²) in [4.78, 5) is 6.17. The van der Waals surface area contributed by atoms with Crippen molar-refractivity contribution in [3.63, 3.8) is 0 Å². The first-order valence-corrected chi connectivity index (χ1v) is 1.35. The maximum atomic E-state index is 3.54. The van der Waals surface area contributed by atoms with Gasteiger partial charge in [0, 0.05) is 19.5 Å². The Kier molecular flexibility index (Phi) is 9.31. The molecular formula is C3H4BrN2Zn-. The molecule has 0 aliphatic heterocycles. The molecule has 0 radical (unpaired) electrons. The van der Waals surface area contributed by atoms with E-state index in [1.165, 1.54) is 0 Å². The number of imidazole rings is 1. The Balaban J connectivity index is 0. The Hall–Kier alpha value is 0.313. The van der Waals surface area contributed by atoms with Gasteiger partial charge in [-0.05, 0) is 6.33 Å². The molecule has 0 aliphatic carbocycles. The van der Waals surface area contributed by atoms with E-state index in [4.69, 9.17) is 0 Å². The van der Waals surface area contributed by atoms with Crippen LogP contribution in [0.5, 0.6) is 0 Å². The second kappa shape index (κ2) is 6.31. The Morgan fingerprint density at radius 2 is 2.29 bits per heavy atom. The predicted octanol–water partition coefficient (Wildman–Crippen LogP) is 0.785. The summed E-state index contributed by atoms with van der Waals surface area (Å²) < 4.78 is 0. The molecule has 1 N–H and O–H groups in total. The molecule has 0 spiro atoms. The van der Waals surface area contributed by atoms with Crippen molar-refractivity contribution in [3.8, 4) is 0 Å². The molecular weight excluding hydrogens is 209 g/mol. The molecule has 0 bridgehead atoms. The van der Waals surface area contributed by atoms with E-state index >= 15 is 0 Å². The van der Waals surface area contributed by atoms with Crippen molar-refractivity contribution in [1.82, 2.24) is 9.97 Å². The van der Waals surface area contributed by atoms with Crippen LogP contribution in [-0.2, 0) is 19.5 Å². The van der Waals surface area contributed by atoms with Crippen molar-refractivity contribution in [1.29, 1.82) is 0 Å². The molecule has 0 aromatic carbocycles. The topological polar surface area (TPSA) is 28.7 Å². The van der Waals surface area contributed by atoms with Gasteiger partial charge in [0.05, 0.1) is 0 Å². The van der Waals surface area contributed by atoms with Crippen LogP contribution in [0.4, 0.5) is 0 Å². The average Bonchev–Trinajstić information content (AvgIpc) is 1.76. The van der Waals surface area contributed by atoms with E-state index < -0.39 is 0 Å². The largest absolute Gasteiger partial charge is 0.467 e. The Labute approximate surface area is 65.3 Å². The van der Waals surface area contributed by atoms with Crippen molar-refractivity contribution >= 4 is 17.0 Å². The van der Waals surface area contributed by atoms with Gasteiger partial charge in [-0.3, -0.25) is 0 Å². The molecule has 0 amide bonds. The summed E-state index contributed by atoms with van der Waals surface area (Å²) in [5, 5.41) is 0. The summed E-state index contributed by atoms with van der Waals surface area (Å²) in [5.41, 5.74) is 0. The van der Waals surface area contributed by atoms with Crippen molar-refractivity contribution in [2.24, 2.45) is 0 Å². The molecule has 36 valence electrons. The fourth-order valence-electron chi connectivity index (χ4n) is 0.186. The number of halogens is 1. The summed E-state index contributed by atoms with van der Waals surface area (Å²) in [6.07, 6.45) is 5.83. The second-order valence-electron chi connectivity index (χ2n) is 0.701. The summed E-state index contributed by atoms with van der Waals surface area (Å²) in [6, 6.07) is 0. The Bertz CT molecular complexity index is 69.4. The van der Waals surface area contributed by atoms with E-state index in [1.807, 2.05) is 0 Å². The normalized spacial score (nSPS) is 5.71. The maximum Gasteiger partial charge on any atom is 0 e. The molecule has 7 heavy (non-hydrogen) atoms. The van der Waals surface area contributed by atoms with Crippen molar-refractivity contribution in [2.45, 2.75) is 0 Å². The quantitative estimate of drug-likeness (QED) is 0.501. The minimum Gasteiger partial charge on any atom is -0.467 e. The average molecular weight is 213 g/mol. The molecule has 0 saturated carbocycles. The van der Waals surface area contributed by atoms with E-state index in [0.717, 1.165) is 0 Å². The van der Waals surface area contributed by atoms with Gasteiger partial charge in [0.2, 0.25) is 0 Å². The Morgan fingerprint density at radius 1 is 1.57 bits per heavy atom. The minimum atomic E-state index is 0. The molecule has 1 aromatic heterocycles. The predicted molar refractivity (Wildman–Crippen MR) is 27.7 cm³/mol. The molecule has 0 fully saturated rings. The van der Waals surface area contributed by atoms with Gasteiger partial charge < -0.3 is 9.97 Å². The van der Waals surface area contributed by atoms with Gasteiger partial charge in [0.1, 0.15) is 0 Å². The minimum absolute atomic E-state index is 0. The molecule has 0 unspecified atom stereocenters. The third-order valence-electron chi connectivity index (χ3n) is 0.362. The zero-order valence-corrected chi connectivity index (χ0v) is 8.40. The van der Waals surface area contributed by atoms with Crippen LogP contribution in [0.2, 0.25) is 0 Å². The van der Waals surface area contributed by atoms with E-state index in [1.54, 1.807) is 12.4 Å². The van der Waals surface area contributed by atoms with Gasteiger partial charge in [0.15, 0.2) is 0 Å². The number of H-pyrrole nitrogens is 1. The standard InChI is InChI=1S/C3H3N2.BrH.Zn/c1-2-5-3-4-1;;/h1-2H,(H,4,5);1H;/q-1;;. The van der Waals surface area contributed by atoms with Crippen molar-refractivity contribution in [3.05, 3.63) is 18.7 Å². The molecule has 0 atom stereocenters. The smallest absolute Gasteiger partial charge is 0 e. The van der Waals surface area contributed by atoms with Gasteiger partial charge in [-0.25, -0.2) is 0 Å². The van der Waals surface area contributed by atoms with Crippen molar-refractivity contribution < 1.29 is 19.5 Å². The SMILES string of the molecule is Br.[Zn].[c-]1ncc[nH]1. The number of aromatic amines is 1. The molecule has 1 rings (SSSR count). The number of hydrogen-bond acceptors (Lipinski definition) is 1. The number of rotatable bonds is 0. The van der Waals surface area contributed by atoms with Crippen LogP contribution in [-0.4, -0.2) is 9.97 Å². The first-order valence-electron chi connectivity index (χ1n) is 1.35. The molecule has 1 heterocycles. The monoisotopic (exact) mass is 211 g/mol. The molecule has 1 aromatic rings. The van der Waals surface area contributed by atoms with Gasteiger partial charge in [-0.1, -0.05) is 0 Å². The van der Waals surface area contributed by atoms with Gasteiger partial charge in [-0.2, -0.15) is 0 Å². The maximum absolute atomic E-state index is 3.54. The summed E-state index contributed by atoms with van der Waals surface area (Å²) >= 11 is 0. The van der Waals surface area contributed by atoms with E-state index in [2.05, 4.69) is 16.3 Å². The molecule has 0 saturated heterocycles. The van der Waals surface area contributed by atoms with Gasteiger partial charge in [-0.15, -0.1) is 29.4 Å². The van der Waals surface area contributed by atoms with Crippen LogP contribution in [0.3, 0.4) is 0 Å². The second-order valence-corrected chi connectivity index (χ2v) is 0.701. The zero-order valence-electron chi connectivity index (χ0n) is 3.72. The fourth-order valence-corrected chi connectivity index (χ4v) is 0.186. The van der Waals surface area contributed by atoms with E-state index in [9.17, 15) is 0 Å². The van der Waals surface area contributed by atoms with Crippen LogP contribution < -0.4 is 0 Å². The zero-order chi connectivity index (χ0) is 3.54. The summed E-state index contributed by atoms with van der Waals surface area (Å²) in [5.74, 6) is 0. The third-order valence-corrected chi connectivity index (χ3v) is 0.362. The number of hydrogen-bond donors (Lipinski definition) is 1. The van der Waals surface area contributed by atoms with Gasteiger partial charge >= 0.3 is 0 Å². The molecule has 4 heteroatoms. The number of nitrogens with zero attached hydrogens (tertiary/aromatic N) is 1. The molecule has 2 nitrogen and oxygen atoms in total. The summed E-state index contributed by atoms with van der Waals surface area (Å²) in [6.45, 7) is 0. The van der Waals surface area contributed by atoms with Crippen molar-refractivity contribution in [2.75, 3.05) is 0 Å². The molecule has 0 aliphatic rings. The first-order chi connectivity index (χ1) is 2.50. The summed E-state index contributed by atoms with van der Waals surface area (Å²) in [7, 11) is 0. The Morgan fingerprint density at radius 3 is 2.43 bits per heavy atom. The van der Waals surface area contributed by atoms with E-state index in [0.29, 0.717) is 0 Å².